The van der Waals surface area contributed by atoms with Crippen LogP contribution in [0.15, 0.2) is 0 Å². The second kappa shape index (κ2) is 5.05. The van der Waals surface area contributed by atoms with Crippen LogP contribution in [0.1, 0.15) is 40.5 Å². The van der Waals surface area contributed by atoms with Crippen molar-refractivity contribution in [3.63, 3.8) is 0 Å². The van der Waals surface area contributed by atoms with Crippen molar-refractivity contribution in [2.24, 2.45) is 17.8 Å². The highest BCUT2D eigenvalue weighted by Crippen LogP contribution is 2.36. The molecule has 2 heteroatoms. The maximum Gasteiger partial charge on any atom is 0.0247 e. The lowest BCUT2D eigenvalue weighted by Gasteiger charge is -2.44. The Hall–Kier alpha value is -0.0800. The van der Waals surface area contributed by atoms with Crippen LogP contribution < -0.4 is 5.32 Å². The number of rotatable bonds is 2. The normalized spacial score (nSPS) is 41.8. The maximum absolute atomic E-state index is 3.55. The quantitative estimate of drug-likeness (QED) is 0.774. The molecule has 1 heterocycles. The molecule has 0 aromatic carbocycles. The van der Waals surface area contributed by atoms with Gasteiger partial charge >= 0.3 is 0 Å². The number of nitrogens with one attached hydrogen (secondary N) is 1. The zero-order chi connectivity index (χ0) is 11.7. The van der Waals surface area contributed by atoms with Crippen LogP contribution in [-0.2, 0) is 0 Å². The Morgan fingerprint density at radius 3 is 2.50 bits per heavy atom. The minimum atomic E-state index is 0.756. The molecule has 0 spiro atoms. The predicted molar refractivity (Wildman–Crippen MR) is 69.6 cm³/mol. The number of nitrogens with zero attached hydrogens (tertiary/aromatic N) is 1. The summed E-state index contributed by atoms with van der Waals surface area (Å²) in [5.41, 5.74) is 0. The second-order valence-electron chi connectivity index (χ2n) is 6.23. The van der Waals surface area contributed by atoms with Gasteiger partial charge in [0.25, 0.3) is 0 Å². The molecule has 16 heavy (non-hydrogen) atoms. The SMILES string of the molecule is CC(C)C1CNCCN1C1CCC(C)C1C. The van der Waals surface area contributed by atoms with E-state index in [1.807, 2.05) is 0 Å². The van der Waals surface area contributed by atoms with Crippen molar-refractivity contribution in [1.29, 1.82) is 0 Å². The maximum atomic E-state index is 3.55. The van der Waals surface area contributed by atoms with Gasteiger partial charge in [-0.1, -0.05) is 27.7 Å². The van der Waals surface area contributed by atoms with E-state index in [4.69, 9.17) is 0 Å². The van der Waals surface area contributed by atoms with Gasteiger partial charge in [-0.3, -0.25) is 4.90 Å². The lowest BCUT2D eigenvalue weighted by molar-refractivity contribution is 0.0573. The van der Waals surface area contributed by atoms with E-state index in [1.54, 1.807) is 0 Å². The average Bonchev–Trinajstić information content (AvgIpc) is 2.60. The Morgan fingerprint density at radius 1 is 1.19 bits per heavy atom. The number of hydrogen-bond donors (Lipinski definition) is 1. The van der Waals surface area contributed by atoms with Crippen LogP contribution in [0, 0.1) is 17.8 Å². The topological polar surface area (TPSA) is 15.3 Å². The molecular weight excluding hydrogens is 196 g/mol. The smallest absolute Gasteiger partial charge is 0.0247 e. The molecule has 4 atom stereocenters. The summed E-state index contributed by atoms with van der Waals surface area (Å²) in [6.45, 7) is 13.3. The Bertz CT molecular complexity index is 227. The summed E-state index contributed by atoms with van der Waals surface area (Å²) in [5, 5.41) is 3.55. The molecule has 0 aromatic rings. The Kier molecular flexibility index (Phi) is 3.91. The molecule has 94 valence electrons. The summed E-state index contributed by atoms with van der Waals surface area (Å²) in [6.07, 6.45) is 2.85. The second-order valence-corrected chi connectivity index (χ2v) is 6.23. The van der Waals surface area contributed by atoms with Gasteiger partial charge in [0.2, 0.25) is 0 Å². The molecule has 4 unspecified atom stereocenters. The lowest BCUT2D eigenvalue weighted by Crippen LogP contribution is -2.57. The van der Waals surface area contributed by atoms with Crippen LogP contribution in [0.25, 0.3) is 0 Å². The minimum absolute atomic E-state index is 0.756. The summed E-state index contributed by atoms with van der Waals surface area (Å²) < 4.78 is 0. The lowest BCUT2D eigenvalue weighted by atomic mass is 9.92. The van der Waals surface area contributed by atoms with Crippen molar-refractivity contribution in [3.8, 4) is 0 Å². The summed E-state index contributed by atoms with van der Waals surface area (Å²) in [6, 6.07) is 1.61. The molecule has 2 aliphatic rings. The summed E-state index contributed by atoms with van der Waals surface area (Å²) >= 11 is 0. The van der Waals surface area contributed by atoms with E-state index in [0.717, 1.165) is 29.8 Å². The van der Waals surface area contributed by atoms with Crippen LogP contribution in [-0.4, -0.2) is 36.6 Å². The van der Waals surface area contributed by atoms with E-state index in [-0.39, 0.29) is 0 Å². The zero-order valence-corrected chi connectivity index (χ0v) is 11.4. The fourth-order valence-corrected chi connectivity index (χ4v) is 3.58. The van der Waals surface area contributed by atoms with Crippen molar-refractivity contribution < 1.29 is 0 Å². The average molecular weight is 224 g/mol. The fraction of sp³-hybridized carbons (Fsp3) is 1.00. The van der Waals surface area contributed by atoms with E-state index in [2.05, 4.69) is 37.9 Å². The molecule has 2 nitrogen and oxygen atoms in total. The first-order valence-electron chi connectivity index (χ1n) is 7.07. The highest BCUT2D eigenvalue weighted by molar-refractivity contribution is 4.93. The van der Waals surface area contributed by atoms with Gasteiger partial charge < -0.3 is 5.32 Å². The van der Waals surface area contributed by atoms with Crippen molar-refractivity contribution >= 4 is 0 Å². The van der Waals surface area contributed by atoms with Crippen molar-refractivity contribution in [3.05, 3.63) is 0 Å². The van der Waals surface area contributed by atoms with Gasteiger partial charge in [-0.25, -0.2) is 0 Å². The van der Waals surface area contributed by atoms with Gasteiger partial charge in [0.1, 0.15) is 0 Å². The third-order valence-corrected chi connectivity index (χ3v) is 4.94. The molecule has 1 N–H and O–H groups in total. The monoisotopic (exact) mass is 224 g/mol. The first-order chi connectivity index (χ1) is 7.61. The number of hydrogen-bond acceptors (Lipinski definition) is 2. The third-order valence-electron chi connectivity index (χ3n) is 4.94. The molecule has 2 rings (SSSR count). The molecule has 0 amide bonds. The third kappa shape index (κ3) is 2.28. The van der Waals surface area contributed by atoms with Crippen molar-refractivity contribution in [2.45, 2.75) is 52.6 Å². The van der Waals surface area contributed by atoms with E-state index in [0.29, 0.717) is 0 Å². The summed E-state index contributed by atoms with van der Waals surface area (Å²) in [5.74, 6) is 2.59. The summed E-state index contributed by atoms with van der Waals surface area (Å²) in [4.78, 5) is 2.81. The van der Waals surface area contributed by atoms with E-state index in [9.17, 15) is 0 Å². The Morgan fingerprint density at radius 2 is 1.94 bits per heavy atom. The van der Waals surface area contributed by atoms with Crippen LogP contribution in [0.3, 0.4) is 0 Å². The largest absolute Gasteiger partial charge is 0.314 e. The van der Waals surface area contributed by atoms with E-state index in [1.165, 1.54) is 32.5 Å². The van der Waals surface area contributed by atoms with Crippen molar-refractivity contribution in [2.75, 3.05) is 19.6 Å². The molecule has 0 radical (unpaired) electrons. The van der Waals surface area contributed by atoms with Gasteiger partial charge in [0.15, 0.2) is 0 Å². The van der Waals surface area contributed by atoms with Gasteiger partial charge in [-0.15, -0.1) is 0 Å². The highest BCUT2D eigenvalue weighted by Gasteiger charge is 2.38. The number of piperazine rings is 1. The molecule has 0 aromatic heterocycles. The first kappa shape index (κ1) is 12.4. The highest BCUT2D eigenvalue weighted by atomic mass is 15.2. The standard InChI is InChI=1S/C14H28N2/c1-10(2)14-9-15-7-8-16(14)13-6-5-11(3)12(13)4/h10-15H,5-9H2,1-4H3. The van der Waals surface area contributed by atoms with Crippen LogP contribution in [0.2, 0.25) is 0 Å². The molecular formula is C14H28N2. The first-order valence-corrected chi connectivity index (χ1v) is 7.07. The minimum Gasteiger partial charge on any atom is -0.314 e. The molecule has 1 saturated carbocycles. The van der Waals surface area contributed by atoms with E-state index >= 15 is 0 Å². The fourth-order valence-electron chi connectivity index (χ4n) is 3.58. The van der Waals surface area contributed by atoms with Gasteiger partial charge in [0, 0.05) is 31.7 Å². The van der Waals surface area contributed by atoms with Gasteiger partial charge in [-0.2, -0.15) is 0 Å². The Balaban J connectivity index is 2.05. The van der Waals surface area contributed by atoms with Gasteiger partial charge in [-0.05, 0) is 30.6 Å². The molecule has 1 aliphatic carbocycles. The zero-order valence-electron chi connectivity index (χ0n) is 11.4. The van der Waals surface area contributed by atoms with Gasteiger partial charge in [0.05, 0.1) is 0 Å². The molecule has 1 saturated heterocycles. The Labute approximate surface area is 101 Å². The van der Waals surface area contributed by atoms with Crippen LogP contribution in [0.4, 0.5) is 0 Å². The van der Waals surface area contributed by atoms with Crippen molar-refractivity contribution in [1.82, 2.24) is 10.2 Å². The van der Waals surface area contributed by atoms with Crippen LogP contribution in [0.5, 0.6) is 0 Å². The van der Waals surface area contributed by atoms with E-state index < -0.39 is 0 Å². The molecule has 1 aliphatic heterocycles. The predicted octanol–water partition coefficient (Wildman–Crippen LogP) is 2.35. The summed E-state index contributed by atoms with van der Waals surface area (Å²) in [7, 11) is 0. The molecule has 2 fully saturated rings. The van der Waals surface area contributed by atoms with Crippen LogP contribution >= 0.6 is 0 Å². The molecule has 0 bridgehead atoms.